The van der Waals surface area contributed by atoms with Gasteiger partial charge in [0.1, 0.15) is 0 Å². The summed E-state index contributed by atoms with van der Waals surface area (Å²) in [6.07, 6.45) is 3.34. The average Bonchev–Trinajstić information content (AvgIpc) is 3.60. The third-order valence-corrected chi connectivity index (χ3v) is 5.83. The van der Waals surface area contributed by atoms with Gasteiger partial charge in [-0.25, -0.2) is 0 Å². The molecule has 6 nitrogen and oxygen atoms in total. The van der Waals surface area contributed by atoms with Crippen molar-refractivity contribution in [2.24, 2.45) is 5.92 Å². The zero-order chi connectivity index (χ0) is 21.1. The fourth-order valence-corrected chi connectivity index (χ4v) is 3.82. The first-order valence-corrected chi connectivity index (χ1v) is 10.6. The van der Waals surface area contributed by atoms with E-state index in [0.717, 1.165) is 31.2 Å². The summed E-state index contributed by atoms with van der Waals surface area (Å²) in [6.45, 7) is 3.11. The molecule has 2 aromatic rings. The highest BCUT2D eigenvalue weighted by molar-refractivity contribution is 5.98. The first-order chi connectivity index (χ1) is 14.5. The van der Waals surface area contributed by atoms with Crippen molar-refractivity contribution in [2.75, 3.05) is 18.4 Å². The lowest BCUT2D eigenvalue weighted by Crippen LogP contribution is -2.46. The van der Waals surface area contributed by atoms with Gasteiger partial charge < -0.3 is 15.5 Å². The van der Waals surface area contributed by atoms with Crippen LogP contribution in [0.4, 0.5) is 5.69 Å². The molecule has 3 amide bonds. The van der Waals surface area contributed by atoms with Crippen LogP contribution in [-0.4, -0.2) is 41.8 Å². The second kappa shape index (κ2) is 8.69. The van der Waals surface area contributed by atoms with Crippen LogP contribution in [0.3, 0.4) is 0 Å². The molecule has 1 saturated heterocycles. The molecule has 0 spiro atoms. The van der Waals surface area contributed by atoms with Crippen molar-refractivity contribution in [3.05, 3.63) is 65.2 Å². The summed E-state index contributed by atoms with van der Waals surface area (Å²) in [6, 6.07) is 14.7. The SMILES string of the molecule is Cc1ccccc1C(=O)NC1CCN(C(=O)c2cccc(NC(=O)C3CC3)c2)CC1. The highest BCUT2D eigenvalue weighted by Crippen LogP contribution is 2.30. The summed E-state index contributed by atoms with van der Waals surface area (Å²) in [7, 11) is 0. The van der Waals surface area contributed by atoms with Crippen LogP contribution >= 0.6 is 0 Å². The number of nitrogens with one attached hydrogen (secondary N) is 2. The Bertz CT molecular complexity index is 960. The number of nitrogens with zero attached hydrogens (tertiary/aromatic N) is 1. The summed E-state index contributed by atoms with van der Waals surface area (Å²) in [5.74, 6) is 0.0567. The van der Waals surface area contributed by atoms with Crippen molar-refractivity contribution in [3.63, 3.8) is 0 Å². The molecule has 0 atom stereocenters. The van der Waals surface area contributed by atoms with E-state index < -0.39 is 0 Å². The van der Waals surface area contributed by atoms with Gasteiger partial charge in [-0.05, 0) is 62.4 Å². The van der Waals surface area contributed by atoms with E-state index in [4.69, 9.17) is 0 Å². The molecule has 0 bridgehead atoms. The van der Waals surface area contributed by atoms with Crippen LogP contribution in [0.25, 0.3) is 0 Å². The molecule has 0 aromatic heterocycles. The fraction of sp³-hybridized carbons (Fsp3) is 0.375. The molecule has 2 N–H and O–H groups in total. The molecular weight excluding hydrogens is 378 g/mol. The van der Waals surface area contributed by atoms with E-state index >= 15 is 0 Å². The highest BCUT2D eigenvalue weighted by Gasteiger charge is 2.30. The maximum absolute atomic E-state index is 12.9. The lowest BCUT2D eigenvalue weighted by Gasteiger charge is -2.32. The van der Waals surface area contributed by atoms with E-state index in [2.05, 4.69) is 10.6 Å². The van der Waals surface area contributed by atoms with Gasteiger partial charge in [0, 0.05) is 41.9 Å². The van der Waals surface area contributed by atoms with Crippen LogP contribution in [-0.2, 0) is 4.79 Å². The van der Waals surface area contributed by atoms with E-state index in [9.17, 15) is 14.4 Å². The predicted octanol–water partition coefficient (Wildman–Crippen LogP) is 3.38. The molecule has 1 saturated carbocycles. The van der Waals surface area contributed by atoms with Crippen LogP contribution in [0.15, 0.2) is 48.5 Å². The maximum atomic E-state index is 12.9. The maximum Gasteiger partial charge on any atom is 0.253 e. The lowest BCUT2D eigenvalue weighted by molar-refractivity contribution is -0.117. The van der Waals surface area contributed by atoms with Crippen LogP contribution in [0.1, 0.15) is 52.0 Å². The quantitative estimate of drug-likeness (QED) is 0.801. The lowest BCUT2D eigenvalue weighted by atomic mass is 10.0. The number of aryl methyl sites for hydroxylation is 1. The Balaban J connectivity index is 1.31. The van der Waals surface area contributed by atoms with Gasteiger partial charge in [-0.2, -0.15) is 0 Å². The van der Waals surface area contributed by atoms with Crippen molar-refractivity contribution in [1.82, 2.24) is 10.2 Å². The number of rotatable bonds is 5. The Kier molecular flexibility index (Phi) is 5.84. The Morgan fingerprint density at radius 2 is 1.67 bits per heavy atom. The van der Waals surface area contributed by atoms with E-state index in [1.807, 2.05) is 42.2 Å². The number of amides is 3. The van der Waals surface area contributed by atoms with Gasteiger partial charge in [-0.3, -0.25) is 14.4 Å². The average molecular weight is 405 g/mol. The van der Waals surface area contributed by atoms with Crippen molar-refractivity contribution >= 4 is 23.4 Å². The Hall–Kier alpha value is -3.15. The second-order valence-electron chi connectivity index (χ2n) is 8.20. The van der Waals surface area contributed by atoms with Crippen molar-refractivity contribution < 1.29 is 14.4 Å². The minimum atomic E-state index is -0.0584. The summed E-state index contributed by atoms with van der Waals surface area (Å²) >= 11 is 0. The van der Waals surface area contributed by atoms with Gasteiger partial charge in [0.05, 0.1) is 0 Å². The molecule has 4 rings (SSSR count). The molecule has 1 aliphatic heterocycles. The first-order valence-electron chi connectivity index (χ1n) is 10.6. The summed E-state index contributed by atoms with van der Waals surface area (Å²) < 4.78 is 0. The van der Waals surface area contributed by atoms with E-state index in [-0.39, 0.29) is 29.7 Å². The second-order valence-corrected chi connectivity index (χ2v) is 8.20. The zero-order valence-corrected chi connectivity index (χ0v) is 17.2. The number of carbonyl (C=O) groups excluding carboxylic acids is 3. The van der Waals surface area contributed by atoms with E-state index in [0.29, 0.717) is 29.9 Å². The minimum Gasteiger partial charge on any atom is -0.349 e. The number of carbonyl (C=O) groups is 3. The number of hydrogen-bond donors (Lipinski definition) is 2. The van der Waals surface area contributed by atoms with E-state index in [1.165, 1.54) is 0 Å². The number of anilines is 1. The zero-order valence-electron chi connectivity index (χ0n) is 17.2. The molecular formula is C24H27N3O3. The Labute approximate surface area is 176 Å². The predicted molar refractivity (Wildman–Crippen MR) is 115 cm³/mol. The molecule has 2 aromatic carbocycles. The number of hydrogen-bond acceptors (Lipinski definition) is 3. The summed E-state index contributed by atoms with van der Waals surface area (Å²) in [5, 5.41) is 5.99. The molecule has 2 aliphatic rings. The summed E-state index contributed by atoms with van der Waals surface area (Å²) in [5.41, 5.74) is 2.89. The van der Waals surface area contributed by atoms with Crippen LogP contribution in [0.2, 0.25) is 0 Å². The molecule has 156 valence electrons. The van der Waals surface area contributed by atoms with Crippen molar-refractivity contribution in [2.45, 2.75) is 38.6 Å². The van der Waals surface area contributed by atoms with Gasteiger partial charge in [0.15, 0.2) is 0 Å². The molecule has 6 heteroatoms. The molecule has 1 heterocycles. The third kappa shape index (κ3) is 4.70. The minimum absolute atomic E-state index is 0.0322. The summed E-state index contributed by atoms with van der Waals surface area (Å²) in [4.78, 5) is 39.2. The number of likely N-dealkylation sites (tertiary alicyclic amines) is 1. The molecule has 2 fully saturated rings. The van der Waals surface area contributed by atoms with Gasteiger partial charge in [0.25, 0.3) is 11.8 Å². The topological polar surface area (TPSA) is 78.5 Å². The molecule has 0 radical (unpaired) electrons. The third-order valence-electron chi connectivity index (χ3n) is 5.83. The molecule has 1 aliphatic carbocycles. The normalized spacial score (nSPS) is 16.8. The van der Waals surface area contributed by atoms with Crippen LogP contribution in [0.5, 0.6) is 0 Å². The number of benzene rings is 2. The standard InChI is InChI=1S/C24H27N3O3/c1-16-5-2-3-8-21(16)23(29)25-19-11-13-27(14-12-19)24(30)18-6-4-7-20(15-18)26-22(28)17-9-10-17/h2-8,15,17,19H,9-14H2,1H3,(H,25,29)(H,26,28). The monoisotopic (exact) mass is 405 g/mol. The Morgan fingerprint density at radius 1 is 0.933 bits per heavy atom. The van der Waals surface area contributed by atoms with Gasteiger partial charge in [-0.15, -0.1) is 0 Å². The van der Waals surface area contributed by atoms with Gasteiger partial charge in [0.2, 0.25) is 5.91 Å². The van der Waals surface area contributed by atoms with Crippen LogP contribution in [0, 0.1) is 12.8 Å². The van der Waals surface area contributed by atoms with Crippen molar-refractivity contribution in [1.29, 1.82) is 0 Å². The van der Waals surface area contributed by atoms with Gasteiger partial charge >= 0.3 is 0 Å². The van der Waals surface area contributed by atoms with Crippen molar-refractivity contribution in [3.8, 4) is 0 Å². The smallest absolute Gasteiger partial charge is 0.253 e. The first kappa shape index (κ1) is 20.1. The van der Waals surface area contributed by atoms with E-state index in [1.54, 1.807) is 18.2 Å². The van der Waals surface area contributed by atoms with Gasteiger partial charge in [-0.1, -0.05) is 24.3 Å². The Morgan fingerprint density at radius 3 is 2.37 bits per heavy atom. The fourth-order valence-electron chi connectivity index (χ4n) is 3.82. The van der Waals surface area contributed by atoms with Crippen LogP contribution < -0.4 is 10.6 Å². The number of piperidine rings is 1. The molecule has 0 unspecified atom stereocenters. The largest absolute Gasteiger partial charge is 0.349 e. The highest BCUT2D eigenvalue weighted by atomic mass is 16.2. The molecule has 30 heavy (non-hydrogen) atoms.